The van der Waals surface area contributed by atoms with Crippen molar-refractivity contribution in [3.63, 3.8) is 0 Å². The molecule has 0 saturated heterocycles. The van der Waals surface area contributed by atoms with Crippen molar-refractivity contribution in [3.8, 4) is 6.07 Å². The predicted octanol–water partition coefficient (Wildman–Crippen LogP) is 2.40. The van der Waals surface area contributed by atoms with Crippen LogP contribution < -0.4 is 0 Å². The van der Waals surface area contributed by atoms with Crippen LogP contribution in [0.4, 0.5) is 0 Å². The Balaban J connectivity index is 2.78. The maximum absolute atomic E-state index is 8.90. The van der Waals surface area contributed by atoms with Crippen LogP contribution in [-0.2, 0) is 13.0 Å². The van der Waals surface area contributed by atoms with Gasteiger partial charge < -0.3 is 5.11 Å². The first-order valence-corrected chi connectivity index (χ1v) is 4.82. The summed E-state index contributed by atoms with van der Waals surface area (Å²) >= 11 is 3.36. The predicted molar refractivity (Wildman–Crippen MR) is 54.0 cm³/mol. The summed E-state index contributed by atoms with van der Waals surface area (Å²) < 4.78 is 0.908. The Morgan fingerprint density at radius 2 is 2.23 bits per heavy atom. The fourth-order valence-corrected chi connectivity index (χ4v) is 1.63. The van der Waals surface area contributed by atoms with Crippen molar-refractivity contribution in [1.29, 1.82) is 5.26 Å². The molecule has 13 heavy (non-hydrogen) atoms. The lowest BCUT2D eigenvalue weighted by molar-refractivity contribution is 0.281. The minimum absolute atomic E-state index is 0.0408. The molecule has 0 aromatic heterocycles. The van der Waals surface area contributed by atoms with E-state index in [1.165, 1.54) is 0 Å². The molecule has 1 aromatic carbocycles. The molecule has 0 atom stereocenters. The van der Waals surface area contributed by atoms with Crippen molar-refractivity contribution < 1.29 is 5.11 Å². The molecule has 0 radical (unpaired) electrons. The molecule has 0 amide bonds. The van der Waals surface area contributed by atoms with Crippen LogP contribution in [0.5, 0.6) is 0 Å². The van der Waals surface area contributed by atoms with Crippen LogP contribution in [0.2, 0.25) is 0 Å². The fourth-order valence-electron chi connectivity index (χ4n) is 1.07. The second kappa shape index (κ2) is 5.00. The minimum atomic E-state index is 0.0408. The van der Waals surface area contributed by atoms with E-state index in [1.54, 1.807) is 0 Å². The molecule has 0 aliphatic heterocycles. The monoisotopic (exact) mass is 239 g/mol. The molecule has 0 spiro atoms. The molecule has 68 valence electrons. The van der Waals surface area contributed by atoms with Gasteiger partial charge in [0.15, 0.2) is 0 Å². The molecule has 0 aliphatic carbocycles. The number of hydrogen-bond acceptors (Lipinski definition) is 2. The Labute approximate surface area is 85.9 Å². The number of nitrogens with zero attached hydrogens (tertiary/aromatic N) is 1. The quantitative estimate of drug-likeness (QED) is 0.881. The molecule has 1 N–H and O–H groups in total. The van der Waals surface area contributed by atoms with E-state index >= 15 is 0 Å². The molecule has 0 unspecified atom stereocenters. The Bertz CT molecular complexity index is 330. The maximum atomic E-state index is 8.90. The number of rotatable bonds is 3. The van der Waals surface area contributed by atoms with Crippen LogP contribution in [0.15, 0.2) is 22.7 Å². The number of aliphatic hydroxyl groups is 1. The van der Waals surface area contributed by atoms with Crippen molar-refractivity contribution >= 4 is 15.9 Å². The van der Waals surface area contributed by atoms with Gasteiger partial charge in [0.2, 0.25) is 0 Å². The summed E-state index contributed by atoms with van der Waals surface area (Å²) in [7, 11) is 0. The Morgan fingerprint density at radius 3 is 2.77 bits per heavy atom. The molecule has 0 aliphatic rings. The maximum Gasteiger partial charge on any atom is 0.0692 e. The highest BCUT2D eigenvalue weighted by Gasteiger charge is 1.99. The molecule has 0 bridgehead atoms. The third-order valence-electron chi connectivity index (χ3n) is 1.81. The first-order valence-electron chi connectivity index (χ1n) is 4.03. The number of hydrogen-bond donors (Lipinski definition) is 1. The molecule has 0 saturated carbocycles. The smallest absolute Gasteiger partial charge is 0.0692 e. The summed E-state index contributed by atoms with van der Waals surface area (Å²) in [6.45, 7) is 0.0408. The Kier molecular flexibility index (Phi) is 3.94. The number of aliphatic hydroxyl groups excluding tert-OH is 1. The molecule has 1 aromatic rings. The number of benzene rings is 1. The van der Waals surface area contributed by atoms with Crippen molar-refractivity contribution in [2.75, 3.05) is 0 Å². The van der Waals surface area contributed by atoms with Gasteiger partial charge >= 0.3 is 0 Å². The first kappa shape index (κ1) is 10.2. The average molecular weight is 240 g/mol. The zero-order chi connectivity index (χ0) is 9.68. The lowest BCUT2D eigenvalue weighted by atomic mass is 10.1. The van der Waals surface area contributed by atoms with Gasteiger partial charge in [-0.15, -0.1) is 0 Å². The van der Waals surface area contributed by atoms with Gasteiger partial charge in [-0.2, -0.15) is 5.26 Å². The molecule has 2 nitrogen and oxygen atoms in total. The van der Waals surface area contributed by atoms with Gasteiger partial charge in [-0.25, -0.2) is 0 Å². The van der Waals surface area contributed by atoms with Crippen LogP contribution in [0.25, 0.3) is 0 Å². The second-order valence-corrected chi connectivity index (χ2v) is 3.60. The van der Waals surface area contributed by atoms with Gasteiger partial charge in [-0.1, -0.05) is 28.1 Å². The highest BCUT2D eigenvalue weighted by molar-refractivity contribution is 9.10. The molecular formula is C10H10BrNO. The molecular weight excluding hydrogens is 230 g/mol. The first-order chi connectivity index (χ1) is 6.27. The molecule has 1 rings (SSSR count). The van der Waals surface area contributed by atoms with Gasteiger partial charge in [0.05, 0.1) is 12.7 Å². The summed E-state index contributed by atoms with van der Waals surface area (Å²) in [5.41, 5.74) is 1.99. The lowest BCUT2D eigenvalue weighted by Gasteiger charge is -2.03. The lowest BCUT2D eigenvalue weighted by Crippen LogP contribution is -1.89. The Morgan fingerprint density at radius 1 is 1.46 bits per heavy atom. The average Bonchev–Trinajstić information content (AvgIpc) is 2.15. The standard InChI is InChI=1S/C10H10BrNO/c11-10-6-8(2-1-5-12)3-4-9(10)7-13/h3-4,6,13H,1-2,7H2. The van der Waals surface area contributed by atoms with E-state index in [0.717, 1.165) is 22.0 Å². The topological polar surface area (TPSA) is 44.0 Å². The summed E-state index contributed by atoms with van der Waals surface area (Å²) in [6, 6.07) is 7.86. The molecule has 0 fully saturated rings. The van der Waals surface area contributed by atoms with E-state index < -0.39 is 0 Å². The zero-order valence-corrected chi connectivity index (χ0v) is 8.71. The van der Waals surface area contributed by atoms with Crippen LogP contribution in [0.1, 0.15) is 17.5 Å². The van der Waals surface area contributed by atoms with Crippen LogP contribution in [0, 0.1) is 11.3 Å². The minimum Gasteiger partial charge on any atom is -0.392 e. The van der Waals surface area contributed by atoms with Crippen LogP contribution in [0.3, 0.4) is 0 Å². The Hall–Kier alpha value is -0.850. The van der Waals surface area contributed by atoms with Crippen molar-refractivity contribution in [1.82, 2.24) is 0 Å². The second-order valence-electron chi connectivity index (χ2n) is 2.74. The van der Waals surface area contributed by atoms with E-state index in [2.05, 4.69) is 22.0 Å². The SMILES string of the molecule is N#CCCc1ccc(CO)c(Br)c1. The summed E-state index contributed by atoms with van der Waals surface area (Å²) in [4.78, 5) is 0. The summed E-state index contributed by atoms with van der Waals surface area (Å²) in [5.74, 6) is 0. The number of aryl methyl sites for hydroxylation is 1. The summed E-state index contributed by atoms with van der Waals surface area (Å²) in [5, 5.41) is 17.3. The van der Waals surface area contributed by atoms with Gasteiger partial charge in [0, 0.05) is 10.9 Å². The summed E-state index contributed by atoms with van der Waals surface area (Å²) in [6.07, 6.45) is 1.30. The van der Waals surface area contributed by atoms with Gasteiger partial charge in [0.25, 0.3) is 0 Å². The third-order valence-corrected chi connectivity index (χ3v) is 2.55. The van der Waals surface area contributed by atoms with Crippen molar-refractivity contribution in [3.05, 3.63) is 33.8 Å². The van der Waals surface area contributed by atoms with E-state index in [9.17, 15) is 0 Å². The fraction of sp³-hybridized carbons (Fsp3) is 0.300. The largest absolute Gasteiger partial charge is 0.392 e. The van der Waals surface area contributed by atoms with Gasteiger partial charge in [-0.3, -0.25) is 0 Å². The van der Waals surface area contributed by atoms with Crippen LogP contribution in [-0.4, -0.2) is 5.11 Å². The van der Waals surface area contributed by atoms with E-state index in [0.29, 0.717) is 6.42 Å². The van der Waals surface area contributed by atoms with Crippen LogP contribution >= 0.6 is 15.9 Å². The van der Waals surface area contributed by atoms with E-state index in [-0.39, 0.29) is 6.61 Å². The van der Waals surface area contributed by atoms with E-state index in [1.807, 2.05) is 18.2 Å². The van der Waals surface area contributed by atoms with E-state index in [4.69, 9.17) is 10.4 Å². The van der Waals surface area contributed by atoms with Gasteiger partial charge in [0.1, 0.15) is 0 Å². The van der Waals surface area contributed by atoms with Crippen molar-refractivity contribution in [2.45, 2.75) is 19.4 Å². The zero-order valence-electron chi connectivity index (χ0n) is 7.13. The number of halogens is 1. The third kappa shape index (κ3) is 2.83. The molecule has 0 heterocycles. The normalized spacial score (nSPS) is 9.62. The van der Waals surface area contributed by atoms with Crippen molar-refractivity contribution in [2.24, 2.45) is 0 Å². The van der Waals surface area contributed by atoms with Gasteiger partial charge in [-0.05, 0) is 23.6 Å². The molecule has 3 heteroatoms. The number of nitriles is 1. The highest BCUT2D eigenvalue weighted by Crippen LogP contribution is 2.19. The highest BCUT2D eigenvalue weighted by atomic mass is 79.9.